The fourth-order valence-corrected chi connectivity index (χ4v) is 2.54. The summed E-state index contributed by atoms with van der Waals surface area (Å²) >= 11 is 6.73. The van der Waals surface area contributed by atoms with E-state index in [0.29, 0.717) is 24.0 Å². The van der Waals surface area contributed by atoms with Crippen molar-refractivity contribution in [1.82, 2.24) is 15.1 Å². The first-order chi connectivity index (χ1) is 7.70. The van der Waals surface area contributed by atoms with E-state index in [1.165, 1.54) is 0 Å². The topological polar surface area (TPSA) is 66.3 Å². The van der Waals surface area contributed by atoms with Crippen LogP contribution in [-0.2, 0) is 0 Å². The highest BCUT2D eigenvalue weighted by molar-refractivity contribution is 7.17. The van der Waals surface area contributed by atoms with Crippen LogP contribution in [0.15, 0.2) is 0 Å². The van der Waals surface area contributed by atoms with Crippen LogP contribution in [0.2, 0.25) is 4.47 Å². The summed E-state index contributed by atoms with van der Waals surface area (Å²) in [6.07, 6.45) is 1.68. The summed E-state index contributed by atoms with van der Waals surface area (Å²) in [5.74, 6) is 0.211. The molecular weight excluding hydrogens is 250 g/mol. The molecular formula is C9H12ClN3O2S. The van der Waals surface area contributed by atoms with Crippen molar-refractivity contribution < 1.29 is 9.90 Å². The van der Waals surface area contributed by atoms with E-state index in [4.69, 9.17) is 16.7 Å². The lowest BCUT2D eigenvalue weighted by atomic mass is 9.98. The van der Waals surface area contributed by atoms with Gasteiger partial charge in [-0.05, 0) is 30.4 Å². The predicted molar refractivity (Wildman–Crippen MR) is 60.6 cm³/mol. The number of aliphatic hydroxyl groups excluding tert-OH is 1. The lowest BCUT2D eigenvalue weighted by Crippen LogP contribution is -2.39. The summed E-state index contributed by atoms with van der Waals surface area (Å²) in [5.41, 5.74) is 0. The van der Waals surface area contributed by atoms with E-state index in [0.717, 1.165) is 24.2 Å². The van der Waals surface area contributed by atoms with Gasteiger partial charge < -0.3 is 10.0 Å². The second-order valence-corrected chi connectivity index (χ2v) is 5.34. The number of likely N-dealkylation sites (tertiary alicyclic amines) is 1. The monoisotopic (exact) mass is 261 g/mol. The molecule has 88 valence electrons. The minimum atomic E-state index is -0.110. The van der Waals surface area contributed by atoms with Crippen LogP contribution in [0.1, 0.15) is 22.6 Å². The summed E-state index contributed by atoms with van der Waals surface area (Å²) in [7, 11) is 0. The van der Waals surface area contributed by atoms with E-state index in [1.54, 1.807) is 4.90 Å². The highest BCUT2D eigenvalue weighted by Gasteiger charge is 2.25. The highest BCUT2D eigenvalue weighted by Crippen LogP contribution is 2.21. The molecule has 16 heavy (non-hydrogen) atoms. The number of aliphatic hydroxyl groups is 1. The van der Waals surface area contributed by atoms with E-state index in [1.807, 2.05) is 0 Å². The Balaban J connectivity index is 1.96. The summed E-state index contributed by atoms with van der Waals surface area (Å²) in [4.78, 5) is 13.7. The van der Waals surface area contributed by atoms with Gasteiger partial charge in [0.2, 0.25) is 9.47 Å². The number of aromatic nitrogens is 2. The van der Waals surface area contributed by atoms with Crippen molar-refractivity contribution in [3.63, 3.8) is 0 Å². The number of hydrogen-bond acceptors (Lipinski definition) is 5. The van der Waals surface area contributed by atoms with Gasteiger partial charge in [-0.25, -0.2) is 0 Å². The van der Waals surface area contributed by atoms with Crippen molar-refractivity contribution >= 4 is 28.8 Å². The average Bonchev–Trinajstić information content (AvgIpc) is 2.75. The van der Waals surface area contributed by atoms with Gasteiger partial charge in [0.1, 0.15) is 0 Å². The third-order valence-corrected chi connectivity index (χ3v) is 3.75. The number of carbonyl (C=O) groups is 1. The summed E-state index contributed by atoms with van der Waals surface area (Å²) < 4.78 is 0.286. The number of hydrogen-bond donors (Lipinski definition) is 1. The van der Waals surface area contributed by atoms with Crippen LogP contribution < -0.4 is 0 Å². The van der Waals surface area contributed by atoms with E-state index in [2.05, 4.69) is 10.2 Å². The van der Waals surface area contributed by atoms with Gasteiger partial charge >= 0.3 is 0 Å². The molecule has 1 saturated heterocycles. The van der Waals surface area contributed by atoms with Crippen LogP contribution in [0, 0.1) is 5.92 Å². The number of halogens is 1. The van der Waals surface area contributed by atoms with Crippen LogP contribution in [0.4, 0.5) is 0 Å². The number of piperidine rings is 1. The van der Waals surface area contributed by atoms with E-state index in [9.17, 15) is 4.79 Å². The average molecular weight is 262 g/mol. The Kier molecular flexibility index (Phi) is 3.73. The predicted octanol–water partition coefficient (Wildman–Crippen LogP) is 1.04. The van der Waals surface area contributed by atoms with Gasteiger partial charge in [0.25, 0.3) is 5.91 Å². The maximum absolute atomic E-state index is 11.9. The van der Waals surface area contributed by atoms with Crippen LogP contribution in [0.5, 0.6) is 0 Å². The standard InChI is InChI=1S/C9H12ClN3O2S/c10-9-12-11-7(16-9)8(15)13-3-1-6(5-14)2-4-13/h6,14H,1-5H2. The van der Waals surface area contributed by atoms with Crippen LogP contribution >= 0.6 is 22.9 Å². The van der Waals surface area contributed by atoms with E-state index < -0.39 is 0 Å². The lowest BCUT2D eigenvalue weighted by Gasteiger charge is -2.30. The largest absolute Gasteiger partial charge is 0.396 e. The fourth-order valence-electron chi connectivity index (χ4n) is 1.75. The molecule has 1 fully saturated rings. The molecule has 0 saturated carbocycles. The molecule has 2 heterocycles. The minimum absolute atomic E-state index is 0.110. The van der Waals surface area contributed by atoms with Gasteiger partial charge in [0, 0.05) is 19.7 Å². The van der Waals surface area contributed by atoms with E-state index in [-0.39, 0.29) is 17.0 Å². The zero-order chi connectivity index (χ0) is 11.5. The SMILES string of the molecule is O=C(c1nnc(Cl)s1)N1CCC(CO)CC1. The molecule has 7 heteroatoms. The maximum Gasteiger partial charge on any atom is 0.284 e. The molecule has 0 aliphatic carbocycles. The Bertz CT molecular complexity index is 377. The number of rotatable bonds is 2. The van der Waals surface area contributed by atoms with Crippen molar-refractivity contribution in [2.75, 3.05) is 19.7 Å². The molecule has 1 aliphatic heterocycles. The zero-order valence-corrected chi connectivity index (χ0v) is 10.2. The van der Waals surface area contributed by atoms with Crippen molar-refractivity contribution in [2.24, 2.45) is 5.92 Å². The third-order valence-electron chi connectivity index (χ3n) is 2.74. The first-order valence-electron chi connectivity index (χ1n) is 5.10. The van der Waals surface area contributed by atoms with Gasteiger partial charge in [-0.2, -0.15) is 0 Å². The van der Waals surface area contributed by atoms with Crippen LogP contribution in [0.3, 0.4) is 0 Å². The maximum atomic E-state index is 11.9. The highest BCUT2D eigenvalue weighted by atomic mass is 35.5. The second kappa shape index (κ2) is 5.07. The van der Waals surface area contributed by atoms with Gasteiger partial charge in [-0.15, -0.1) is 10.2 Å². The Hall–Kier alpha value is -0.720. The molecule has 0 radical (unpaired) electrons. The number of carbonyl (C=O) groups excluding carboxylic acids is 1. The van der Waals surface area contributed by atoms with Gasteiger partial charge in [-0.3, -0.25) is 4.79 Å². The van der Waals surface area contributed by atoms with Crippen LogP contribution in [0.25, 0.3) is 0 Å². The van der Waals surface area contributed by atoms with Crippen molar-refractivity contribution in [3.8, 4) is 0 Å². The Morgan fingerprint density at radius 1 is 1.50 bits per heavy atom. The van der Waals surface area contributed by atoms with Gasteiger partial charge in [-0.1, -0.05) is 11.3 Å². The fraction of sp³-hybridized carbons (Fsp3) is 0.667. The molecule has 0 unspecified atom stereocenters. The number of amides is 1. The summed E-state index contributed by atoms with van der Waals surface area (Å²) in [6, 6.07) is 0. The summed E-state index contributed by atoms with van der Waals surface area (Å²) in [6.45, 7) is 1.54. The van der Waals surface area contributed by atoms with Gasteiger partial charge in [0.15, 0.2) is 0 Å². The molecule has 1 aliphatic rings. The lowest BCUT2D eigenvalue weighted by molar-refractivity contribution is 0.0649. The number of nitrogens with zero attached hydrogens (tertiary/aromatic N) is 3. The zero-order valence-electron chi connectivity index (χ0n) is 8.60. The normalized spacial score (nSPS) is 17.8. The molecule has 1 N–H and O–H groups in total. The first kappa shape index (κ1) is 11.8. The van der Waals surface area contributed by atoms with Gasteiger partial charge in [0.05, 0.1) is 0 Å². The second-order valence-electron chi connectivity index (χ2n) is 3.78. The molecule has 0 aromatic carbocycles. The summed E-state index contributed by atoms with van der Waals surface area (Å²) in [5, 5.41) is 16.7. The van der Waals surface area contributed by atoms with Crippen molar-refractivity contribution in [2.45, 2.75) is 12.8 Å². The molecule has 1 aromatic heterocycles. The first-order valence-corrected chi connectivity index (χ1v) is 6.29. The molecule has 5 nitrogen and oxygen atoms in total. The minimum Gasteiger partial charge on any atom is -0.396 e. The molecule has 0 atom stereocenters. The Morgan fingerprint density at radius 3 is 2.69 bits per heavy atom. The Labute approximate surface area is 102 Å². The molecule has 0 spiro atoms. The van der Waals surface area contributed by atoms with E-state index >= 15 is 0 Å². The molecule has 2 rings (SSSR count). The molecule has 1 amide bonds. The smallest absolute Gasteiger partial charge is 0.284 e. The molecule has 1 aromatic rings. The molecule has 0 bridgehead atoms. The van der Waals surface area contributed by atoms with Crippen LogP contribution in [-0.4, -0.2) is 45.8 Å². The van der Waals surface area contributed by atoms with Crippen molar-refractivity contribution in [3.05, 3.63) is 9.47 Å². The van der Waals surface area contributed by atoms with Crippen molar-refractivity contribution in [1.29, 1.82) is 0 Å². The third kappa shape index (κ3) is 2.50. The quantitative estimate of drug-likeness (QED) is 0.864. The Morgan fingerprint density at radius 2 is 2.19 bits per heavy atom.